The van der Waals surface area contributed by atoms with Gasteiger partial charge in [-0.1, -0.05) is 24.3 Å². The minimum Gasteiger partial charge on any atom is -0.444 e. The third-order valence-electron chi connectivity index (χ3n) is 4.73. The van der Waals surface area contributed by atoms with Gasteiger partial charge in [0.2, 0.25) is 5.91 Å². The van der Waals surface area contributed by atoms with Gasteiger partial charge in [-0.25, -0.2) is 4.79 Å². The zero-order chi connectivity index (χ0) is 20.3. The average Bonchev–Trinajstić information content (AvgIpc) is 3.01. The molecule has 2 amide bonds. The quantitative estimate of drug-likeness (QED) is 0.843. The van der Waals surface area contributed by atoms with Crippen LogP contribution in [-0.4, -0.2) is 39.2 Å². The molecular formula is C21H28N4O3. The molecule has 1 aromatic carbocycles. The first kappa shape index (κ1) is 19.9. The molecule has 7 heteroatoms. The van der Waals surface area contributed by atoms with E-state index >= 15 is 0 Å². The molecule has 2 N–H and O–H groups in total. The Morgan fingerprint density at radius 2 is 2.04 bits per heavy atom. The Morgan fingerprint density at radius 1 is 1.29 bits per heavy atom. The molecule has 2 aromatic rings. The fraction of sp³-hybridized carbons (Fsp3) is 0.476. The Kier molecular flexibility index (Phi) is 5.72. The number of ether oxygens (including phenoxy) is 1. The van der Waals surface area contributed by atoms with E-state index in [1.807, 2.05) is 52.0 Å². The van der Waals surface area contributed by atoms with Gasteiger partial charge in [0.15, 0.2) is 5.82 Å². The van der Waals surface area contributed by atoms with Crippen LogP contribution in [0.3, 0.4) is 0 Å². The maximum Gasteiger partial charge on any atom is 0.410 e. The SMILES string of the molecule is Cc1ccccc1CCC(=O)Nc1n[nH]c2c1CCN(C(=O)OC(C)(C)C)C2. The highest BCUT2D eigenvalue weighted by molar-refractivity contribution is 5.90. The number of aromatic nitrogens is 2. The molecule has 0 saturated carbocycles. The average molecular weight is 384 g/mol. The number of benzene rings is 1. The maximum atomic E-state index is 12.4. The standard InChI is InChI=1S/C21H28N4O3/c1-14-7-5-6-8-15(14)9-10-18(26)22-19-16-11-12-25(13-17(16)23-24-19)20(27)28-21(2,3)4/h5-8H,9-13H2,1-4H3,(H2,22,23,24,26). The van der Waals surface area contributed by atoms with Gasteiger partial charge in [0, 0.05) is 18.5 Å². The molecule has 150 valence electrons. The van der Waals surface area contributed by atoms with E-state index in [1.54, 1.807) is 4.90 Å². The van der Waals surface area contributed by atoms with Crippen LogP contribution in [0, 0.1) is 6.92 Å². The van der Waals surface area contributed by atoms with E-state index in [0.29, 0.717) is 38.2 Å². The van der Waals surface area contributed by atoms with Crippen LogP contribution in [-0.2, 0) is 28.9 Å². The number of anilines is 1. The van der Waals surface area contributed by atoms with Crippen LogP contribution >= 0.6 is 0 Å². The van der Waals surface area contributed by atoms with Crippen molar-refractivity contribution in [2.75, 3.05) is 11.9 Å². The number of nitrogens with zero attached hydrogens (tertiary/aromatic N) is 2. The molecule has 0 saturated heterocycles. The Hall–Kier alpha value is -2.83. The smallest absolute Gasteiger partial charge is 0.410 e. The van der Waals surface area contributed by atoms with Crippen LogP contribution in [0.2, 0.25) is 0 Å². The lowest BCUT2D eigenvalue weighted by Gasteiger charge is -2.29. The predicted octanol–water partition coefficient (Wildman–Crippen LogP) is 3.58. The molecule has 2 heterocycles. The van der Waals surface area contributed by atoms with Crippen molar-refractivity contribution in [3.05, 3.63) is 46.6 Å². The van der Waals surface area contributed by atoms with Gasteiger partial charge in [-0.3, -0.25) is 9.89 Å². The highest BCUT2D eigenvalue weighted by atomic mass is 16.6. The van der Waals surface area contributed by atoms with E-state index in [-0.39, 0.29) is 12.0 Å². The van der Waals surface area contributed by atoms with Crippen LogP contribution in [0.1, 0.15) is 49.6 Å². The summed E-state index contributed by atoms with van der Waals surface area (Å²) in [6.45, 7) is 8.53. The highest BCUT2D eigenvalue weighted by Gasteiger charge is 2.28. The van der Waals surface area contributed by atoms with E-state index < -0.39 is 5.60 Å². The van der Waals surface area contributed by atoms with Crippen LogP contribution < -0.4 is 5.32 Å². The molecule has 0 unspecified atom stereocenters. The first-order valence-corrected chi connectivity index (χ1v) is 9.61. The third-order valence-corrected chi connectivity index (χ3v) is 4.73. The zero-order valence-electron chi connectivity index (χ0n) is 17.0. The monoisotopic (exact) mass is 384 g/mol. The third kappa shape index (κ3) is 4.91. The summed E-state index contributed by atoms with van der Waals surface area (Å²) in [4.78, 5) is 26.3. The summed E-state index contributed by atoms with van der Waals surface area (Å²) in [6, 6.07) is 8.08. The van der Waals surface area contributed by atoms with E-state index in [9.17, 15) is 9.59 Å². The van der Waals surface area contributed by atoms with E-state index in [4.69, 9.17) is 4.74 Å². The van der Waals surface area contributed by atoms with Crippen molar-refractivity contribution in [2.24, 2.45) is 0 Å². The Balaban J connectivity index is 1.57. The molecule has 28 heavy (non-hydrogen) atoms. The summed E-state index contributed by atoms with van der Waals surface area (Å²) < 4.78 is 5.43. The fourth-order valence-corrected chi connectivity index (χ4v) is 3.24. The van der Waals surface area contributed by atoms with Crippen LogP contribution in [0.5, 0.6) is 0 Å². The van der Waals surface area contributed by atoms with Crippen molar-refractivity contribution in [1.82, 2.24) is 15.1 Å². The molecule has 1 aliphatic heterocycles. The van der Waals surface area contributed by atoms with Gasteiger partial charge >= 0.3 is 6.09 Å². The zero-order valence-corrected chi connectivity index (χ0v) is 17.0. The van der Waals surface area contributed by atoms with Gasteiger partial charge < -0.3 is 15.0 Å². The molecule has 0 bridgehead atoms. The van der Waals surface area contributed by atoms with Crippen molar-refractivity contribution >= 4 is 17.8 Å². The summed E-state index contributed by atoms with van der Waals surface area (Å²) >= 11 is 0. The molecule has 0 radical (unpaired) electrons. The minimum absolute atomic E-state index is 0.0628. The van der Waals surface area contributed by atoms with E-state index in [2.05, 4.69) is 15.5 Å². The molecule has 1 aliphatic rings. The van der Waals surface area contributed by atoms with E-state index in [0.717, 1.165) is 11.3 Å². The van der Waals surface area contributed by atoms with Crippen molar-refractivity contribution in [3.63, 3.8) is 0 Å². The van der Waals surface area contributed by atoms with Gasteiger partial charge in [-0.15, -0.1) is 0 Å². The summed E-state index contributed by atoms with van der Waals surface area (Å²) in [5.74, 6) is 0.501. The van der Waals surface area contributed by atoms with E-state index in [1.165, 1.54) is 11.1 Å². The molecule has 0 aliphatic carbocycles. The molecule has 0 spiro atoms. The number of nitrogens with one attached hydrogen (secondary N) is 2. The number of carbonyl (C=O) groups is 2. The fourth-order valence-electron chi connectivity index (χ4n) is 3.24. The number of aryl methyl sites for hydroxylation is 2. The number of hydrogen-bond donors (Lipinski definition) is 2. The number of rotatable bonds is 4. The van der Waals surface area contributed by atoms with Gasteiger partial charge in [0.1, 0.15) is 5.60 Å². The summed E-state index contributed by atoms with van der Waals surface area (Å²) in [5, 5.41) is 10.1. The molecule has 3 rings (SSSR count). The molecule has 7 nitrogen and oxygen atoms in total. The first-order valence-electron chi connectivity index (χ1n) is 9.61. The number of aromatic amines is 1. The minimum atomic E-state index is -0.526. The van der Waals surface area contributed by atoms with Crippen LogP contribution in [0.25, 0.3) is 0 Å². The normalized spacial score (nSPS) is 13.8. The highest BCUT2D eigenvalue weighted by Crippen LogP contribution is 2.25. The number of H-pyrrole nitrogens is 1. The largest absolute Gasteiger partial charge is 0.444 e. The van der Waals surface area contributed by atoms with Gasteiger partial charge in [0.25, 0.3) is 0 Å². The van der Waals surface area contributed by atoms with Crippen LogP contribution in [0.15, 0.2) is 24.3 Å². The van der Waals surface area contributed by atoms with Crippen molar-refractivity contribution < 1.29 is 14.3 Å². The van der Waals surface area contributed by atoms with Crippen molar-refractivity contribution in [1.29, 1.82) is 0 Å². The molecule has 0 atom stereocenters. The number of hydrogen-bond acceptors (Lipinski definition) is 4. The van der Waals surface area contributed by atoms with Crippen molar-refractivity contribution in [3.8, 4) is 0 Å². The Morgan fingerprint density at radius 3 is 2.75 bits per heavy atom. The lowest BCUT2D eigenvalue weighted by molar-refractivity contribution is -0.116. The van der Waals surface area contributed by atoms with Crippen LogP contribution in [0.4, 0.5) is 10.6 Å². The lowest BCUT2D eigenvalue weighted by atomic mass is 10.0. The molecular weight excluding hydrogens is 356 g/mol. The van der Waals surface area contributed by atoms with Gasteiger partial charge in [0.05, 0.1) is 12.2 Å². The number of carbonyl (C=O) groups excluding carboxylic acids is 2. The maximum absolute atomic E-state index is 12.4. The number of fused-ring (bicyclic) bond motifs is 1. The second-order valence-electron chi connectivity index (χ2n) is 8.16. The Labute approximate surface area is 165 Å². The van der Waals surface area contributed by atoms with Gasteiger partial charge in [-0.05, 0) is 51.7 Å². The number of amides is 2. The molecule has 0 fully saturated rings. The summed E-state index contributed by atoms with van der Waals surface area (Å²) in [6.07, 6.45) is 1.38. The first-order chi connectivity index (χ1) is 13.2. The lowest BCUT2D eigenvalue weighted by Crippen LogP contribution is -2.39. The molecule has 1 aromatic heterocycles. The predicted molar refractivity (Wildman–Crippen MR) is 107 cm³/mol. The summed E-state index contributed by atoms with van der Waals surface area (Å²) in [5.41, 5.74) is 3.64. The van der Waals surface area contributed by atoms with Gasteiger partial charge in [-0.2, -0.15) is 5.10 Å². The second-order valence-corrected chi connectivity index (χ2v) is 8.16. The topological polar surface area (TPSA) is 87.3 Å². The second kappa shape index (κ2) is 8.04. The summed E-state index contributed by atoms with van der Waals surface area (Å²) in [7, 11) is 0. The van der Waals surface area contributed by atoms with Crippen molar-refractivity contribution in [2.45, 2.75) is 59.1 Å². The Bertz CT molecular complexity index is 867.